The SMILES string of the molecule is C=CS(=O)c1ccccc1S(=O)C=C. The highest BCUT2D eigenvalue weighted by Gasteiger charge is 2.09. The van der Waals surface area contributed by atoms with Crippen LogP contribution in [-0.2, 0) is 21.6 Å². The van der Waals surface area contributed by atoms with Crippen LogP contribution in [0, 0.1) is 0 Å². The highest BCUT2D eigenvalue weighted by Crippen LogP contribution is 2.18. The molecule has 0 spiro atoms. The van der Waals surface area contributed by atoms with Crippen molar-refractivity contribution in [3.8, 4) is 0 Å². The summed E-state index contributed by atoms with van der Waals surface area (Å²) in [4.78, 5) is 1.06. The molecule has 0 heterocycles. The van der Waals surface area contributed by atoms with Crippen LogP contribution < -0.4 is 0 Å². The van der Waals surface area contributed by atoms with Gasteiger partial charge < -0.3 is 0 Å². The predicted octanol–water partition coefficient (Wildman–Crippen LogP) is 2.19. The number of hydrogen-bond acceptors (Lipinski definition) is 2. The molecule has 1 aromatic carbocycles. The Morgan fingerprint density at radius 1 is 0.929 bits per heavy atom. The van der Waals surface area contributed by atoms with Crippen LogP contribution >= 0.6 is 0 Å². The van der Waals surface area contributed by atoms with E-state index in [0.29, 0.717) is 9.79 Å². The Hall–Kier alpha value is -1.00. The van der Waals surface area contributed by atoms with Crippen LogP contribution in [0.25, 0.3) is 0 Å². The van der Waals surface area contributed by atoms with Crippen molar-refractivity contribution in [1.29, 1.82) is 0 Å². The first-order valence-corrected chi connectivity index (χ1v) is 6.28. The van der Waals surface area contributed by atoms with Crippen LogP contribution in [0.3, 0.4) is 0 Å². The summed E-state index contributed by atoms with van der Waals surface area (Å²) < 4.78 is 23.0. The molecule has 0 amide bonds. The van der Waals surface area contributed by atoms with Crippen LogP contribution in [0.15, 0.2) is 58.0 Å². The summed E-state index contributed by atoms with van der Waals surface area (Å²) in [5, 5.41) is 2.64. The van der Waals surface area contributed by atoms with Crippen LogP contribution in [-0.4, -0.2) is 8.42 Å². The van der Waals surface area contributed by atoms with Gasteiger partial charge in [-0.15, -0.1) is 0 Å². The number of rotatable bonds is 4. The second kappa shape index (κ2) is 5.02. The first-order chi connectivity index (χ1) is 6.70. The fourth-order valence-corrected chi connectivity index (χ4v) is 2.77. The van der Waals surface area contributed by atoms with Crippen molar-refractivity contribution in [2.75, 3.05) is 0 Å². The lowest BCUT2D eigenvalue weighted by molar-refractivity contribution is 0.680. The molecule has 0 aliphatic rings. The van der Waals surface area contributed by atoms with Gasteiger partial charge in [-0.2, -0.15) is 0 Å². The maximum absolute atomic E-state index is 11.5. The summed E-state index contributed by atoms with van der Waals surface area (Å²) in [6.45, 7) is 6.88. The van der Waals surface area contributed by atoms with Gasteiger partial charge in [0.1, 0.15) is 0 Å². The lowest BCUT2D eigenvalue weighted by Crippen LogP contribution is -1.95. The van der Waals surface area contributed by atoms with Crippen molar-refractivity contribution >= 4 is 21.6 Å². The van der Waals surface area contributed by atoms with Crippen molar-refractivity contribution in [3.63, 3.8) is 0 Å². The highest BCUT2D eigenvalue weighted by atomic mass is 32.2. The molecule has 1 aromatic rings. The fourth-order valence-electron chi connectivity index (χ4n) is 0.962. The lowest BCUT2D eigenvalue weighted by atomic mass is 10.4. The van der Waals surface area contributed by atoms with E-state index in [-0.39, 0.29) is 0 Å². The van der Waals surface area contributed by atoms with E-state index in [4.69, 9.17) is 0 Å². The molecule has 0 radical (unpaired) electrons. The molecule has 4 heteroatoms. The van der Waals surface area contributed by atoms with Crippen LogP contribution in [0.2, 0.25) is 0 Å². The van der Waals surface area contributed by atoms with Gasteiger partial charge in [-0.3, -0.25) is 0 Å². The number of benzene rings is 1. The monoisotopic (exact) mass is 226 g/mol. The van der Waals surface area contributed by atoms with Crippen LogP contribution in [0.1, 0.15) is 0 Å². The highest BCUT2D eigenvalue weighted by molar-refractivity contribution is 7.91. The van der Waals surface area contributed by atoms with E-state index in [1.165, 1.54) is 10.8 Å². The van der Waals surface area contributed by atoms with Crippen LogP contribution in [0.4, 0.5) is 0 Å². The third-order valence-corrected chi connectivity index (χ3v) is 3.90. The molecule has 0 aliphatic heterocycles. The van der Waals surface area contributed by atoms with Crippen LogP contribution in [0.5, 0.6) is 0 Å². The minimum absolute atomic E-state index is 0.528. The second-order valence-corrected chi connectivity index (χ2v) is 5.11. The molecule has 2 nitrogen and oxygen atoms in total. The van der Waals surface area contributed by atoms with Gasteiger partial charge in [0.25, 0.3) is 0 Å². The first-order valence-electron chi connectivity index (χ1n) is 3.86. The Morgan fingerprint density at radius 2 is 1.29 bits per heavy atom. The van der Waals surface area contributed by atoms with Crippen molar-refractivity contribution in [2.45, 2.75) is 9.79 Å². The normalized spacial score (nSPS) is 14.3. The zero-order chi connectivity index (χ0) is 10.6. The minimum Gasteiger partial charge on any atom is -0.250 e. The molecule has 0 fully saturated rings. The van der Waals surface area contributed by atoms with Gasteiger partial charge in [-0.05, 0) is 12.1 Å². The molecule has 1 rings (SSSR count). The largest absolute Gasteiger partial charge is 0.250 e. The van der Waals surface area contributed by atoms with Gasteiger partial charge in [-0.25, -0.2) is 8.42 Å². The molecule has 0 bridgehead atoms. The Labute approximate surface area is 88.3 Å². The van der Waals surface area contributed by atoms with Crippen molar-refractivity contribution in [1.82, 2.24) is 0 Å². The lowest BCUT2D eigenvalue weighted by Gasteiger charge is -2.03. The van der Waals surface area contributed by atoms with E-state index in [9.17, 15) is 8.42 Å². The summed E-state index contributed by atoms with van der Waals surface area (Å²) >= 11 is 0. The molecule has 0 aliphatic carbocycles. The minimum atomic E-state index is -1.30. The van der Waals surface area contributed by atoms with E-state index in [1.807, 2.05) is 0 Å². The molecular weight excluding hydrogens is 216 g/mol. The van der Waals surface area contributed by atoms with Gasteiger partial charge in [0, 0.05) is 10.8 Å². The molecular formula is C10H10O2S2. The molecule has 0 N–H and O–H groups in total. The first kappa shape index (κ1) is 11.1. The van der Waals surface area contributed by atoms with E-state index >= 15 is 0 Å². The molecule has 74 valence electrons. The molecule has 14 heavy (non-hydrogen) atoms. The Morgan fingerprint density at radius 3 is 1.57 bits per heavy atom. The topological polar surface area (TPSA) is 34.1 Å². The van der Waals surface area contributed by atoms with Gasteiger partial charge in [0.2, 0.25) is 0 Å². The Bertz CT molecular complexity index is 371. The summed E-state index contributed by atoms with van der Waals surface area (Å²) in [6.07, 6.45) is 0. The molecule has 2 unspecified atom stereocenters. The maximum Gasteiger partial charge on any atom is 0.0782 e. The van der Waals surface area contributed by atoms with Gasteiger partial charge in [0.15, 0.2) is 0 Å². The van der Waals surface area contributed by atoms with Gasteiger partial charge >= 0.3 is 0 Å². The quantitative estimate of drug-likeness (QED) is 0.788. The van der Waals surface area contributed by atoms with Crippen molar-refractivity contribution in [2.24, 2.45) is 0 Å². The van der Waals surface area contributed by atoms with Crippen molar-refractivity contribution < 1.29 is 8.42 Å². The third-order valence-electron chi connectivity index (χ3n) is 1.59. The molecule has 0 aromatic heterocycles. The number of hydrogen-bond donors (Lipinski definition) is 0. The molecule has 0 saturated heterocycles. The molecule has 0 saturated carbocycles. The Kier molecular flexibility index (Phi) is 3.98. The smallest absolute Gasteiger partial charge is 0.0782 e. The standard InChI is InChI=1S/C10H10O2S2/c1-3-13(11)9-7-5-6-8-10(9)14(12)4-2/h3-8H,1-2H2. The van der Waals surface area contributed by atoms with Gasteiger partial charge in [0.05, 0.1) is 31.4 Å². The predicted molar refractivity (Wildman–Crippen MR) is 59.7 cm³/mol. The van der Waals surface area contributed by atoms with Gasteiger partial charge in [-0.1, -0.05) is 25.3 Å². The second-order valence-electron chi connectivity index (χ2n) is 2.37. The van der Waals surface area contributed by atoms with E-state index in [0.717, 1.165) is 0 Å². The zero-order valence-corrected chi connectivity index (χ0v) is 9.14. The average molecular weight is 226 g/mol. The maximum atomic E-state index is 11.5. The third kappa shape index (κ3) is 2.27. The van der Waals surface area contributed by atoms with E-state index < -0.39 is 21.6 Å². The van der Waals surface area contributed by atoms with E-state index in [2.05, 4.69) is 13.2 Å². The zero-order valence-electron chi connectivity index (χ0n) is 7.51. The van der Waals surface area contributed by atoms with Crippen molar-refractivity contribution in [3.05, 3.63) is 48.2 Å². The summed E-state index contributed by atoms with van der Waals surface area (Å²) in [6, 6.07) is 6.85. The summed E-state index contributed by atoms with van der Waals surface area (Å²) in [5.74, 6) is 0. The fraction of sp³-hybridized carbons (Fsp3) is 0. The summed E-state index contributed by atoms with van der Waals surface area (Å²) in [7, 11) is -2.60. The Balaban J connectivity index is 3.28. The summed E-state index contributed by atoms with van der Waals surface area (Å²) in [5.41, 5.74) is 0. The van der Waals surface area contributed by atoms with E-state index in [1.54, 1.807) is 24.3 Å². The average Bonchev–Trinajstić information content (AvgIpc) is 2.27. The molecule has 2 atom stereocenters.